The van der Waals surface area contributed by atoms with Crippen LogP contribution in [0.15, 0.2) is 12.1 Å². The Balaban J connectivity index is 2.07. The molecule has 0 aromatic heterocycles. The topological polar surface area (TPSA) is 66.0 Å². The molecule has 1 aliphatic heterocycles. The fraction of sp³-hybridized carbons (Fsp3) is 0.462. The first-order valence-corrected chi connectivity index (χ1v) is 5.98. The number of nitrogens with one attached hydrogen (secondary N) is 1. The van der Waals surface area contributed by atoms with Gasteiger partial charge in [-0.15, -0.1) is 0 Å². The number of benzene rings is 1. The summed E-state index contributed by atoms with van der Waals surface area (Å²) in [5.74, 6) is 1.63. The molecule has 0 atom stereocenters. The molecule has 104 valence electrons. The van der Waals surface area contributed by atoms with Gasteiger partial charge < -0.3 is 24.3 Å². The van der Waals surface area contributed by atoms with Gasteiger partial charge in [0.05, 0.1) is 20.8 Å². The summed E-state index contributed by atoms with van der Waals surface area (Å²) in [6.45, 7) is 1.72. The van der Waals surface area contributed by atoms with Gasteiger partial charge in [0, 0.05) is 6.54 Å². The van der Waals surface area contributed by atoms with E-state index in [4.69, 9.17) is 14.2 Å². The monoisotopic (exact) mass is 267 g/mol. The standard InChI is InChI=1S/C13H17NO5/c1-16-10-5-9(7-14-8-12(15)17-2)6-11-13(10)19-4-3-18-11/h5-6,14H,3-4,7-8H2,1-2H3. The molecule has 0 aliphatic carbocycles. The second-order valence-corrected chi connectivity index (χ2v) is 4.00. The van der Waals surface area contributed by atoms with E-state index in [1.165, 1.54) is 7.11 Å². The molecule has 0 saturated carbocycles. The molecule has 0 spiro atoms. The summed E-state index contributed by atoms with van der Waals surface area (Å²) in [5.41, 5.74) is 0.949. The lowest BCUT2D eigenvalue weighted by Crippen LogP contribution is -2.23. The highest BCUT2D eigenvalue weighted by Gasteiger charge is 2.18. The van der Waals surface area contributed by atoms with Gasteiger partial charge in [0.1, 0.15) is 13.2 Å². The van der Waals surface area contributed by atoms with E-state index in [2.05, 4.69) is 10.1 Å². The van der Waals surface area contributed by atoms with E-state index in [1.54, 1.807) is 7.11 Å². The highest BCUT2D eigenvalue weighted by Crippen LogP contribution is 2.40. The van der Waals surface area contributed by atoms with Crippen molar-refractivity contribution in [2.45, 2.75) is 6.54 Å². The molecule has 2 rings (SSSR count). The van der Waals surface area contributed by atoms with E-state index in [-0.39, 0.29) is 12.5 Å². The van der Waals surface area contributed by atoms with Crippen molar-refractivity contribution in [2.75, 3.05) is 34.0 Å². The average Bonchev–Trinajstić information content (AvgIpc) is 2.46. The van der Waals surface area contributed by atoms with Gasteiger partial charge in [-0.2, -0.15) is 0 Å². The number of hydrogen-bond donors (Lipinski definition) is 1. The van der Waals surface area contributed by atoms with Crippen LogP contribution >= 0.6 is 0 Å². The molecular weight excluding hydrogens is 250 g/mol. The van der Waals surface area contributed by atoms with E-state index in [0.29, 0.717) is 37.0 Å². The van der Waals surface area contributed by atoms with Crippen LogP contribution in [0.4, 0.5) is 0 Å². The van der Waals surface area contributed by atoms with Gasteiger partial charge in [-0.1, -0.05) is 0 Å². The molecule has 6 nitrogen and oxygen atoms in total. The number of esters is 1. The minimum Gasteiger partial charge on any atom is -0.493 e. The summed E-state index contributed by atoms with van der Waals surface area (Å²) < 4.78 is 20.9. The largest absolute Gasteiger partial charge is 0.493 e. The molecule has 1 aliphatic rings. The maximum Gasteiger partial charge on any atom is 0.319 e. The Morgan fingerprint density at radius 1 is 1.32 bits per heavy atom. The van der Waals surface area contributed by atoms with E-state index < -0.39 is 0 Å². The third kappa shape index (κ3) is 3.29. The molecule has 1 heterocycles. The molecule has 0 fully saturated rings. The molecule has 0 radical (unpaired) electrons. The SMILES string of the molecule is COC(=O)CNCc1cc(OC)c2c(c1)OCCO2. The van der Waals surface area contributed by atoms with Crippen molar-refractivity contribution < 1.29 is 23.7 Å². The fourth-order valence-corrected chi connectivity index (χ4v) is 1.81. The van der Waals surface area contributed by atoms with Crippen LogP contribution in [-0.4, -0.2) is 39.9 Å². The highest BCUT2D eigenvalue weighted by atomic mass is 16.6. The molecule has 0 unspecified atom stereocenters. The van der Waals surface area contributed by atoms with Gasteiger partial charge in [-0.05, 0) is 17.7 Å². The molecule has 1 aromatic carbocycles. The van der Waals surface area contributed by atoms with Crippen LogP contribution in [0.5, 0.6) is 17.2 Å². The van der Waals surface area contributed by atoms with Crippen molar-refractivity contribution in [1.29, 1.82) is 0 Å². The number of fused-ring (bicyclic) bond motifs is 1. The van der Waals surface area contributed by atoms with Crippen LogP contribution in [0.2, 0.25) is 0 Å². The third-order valence-corrected chi connectivity index (χ3v) is 2.71. The van der Waals surface area contributed by atoms with Crippen LogP contribution in [0.1, 0.15) is 5.56 Å². The van der Waals surface area contributed by atoms with Crippen molar-refractivity contribution >= 4 is 5.97 Å². The Kier molecular flexibility index (Phi) is 4.46. The minimum absolute atomic E-state index is 0.160. The Morgan fingerprint density at radius 3 is 2.84 bits per heavy atom. The van der Waals surface area contributed by atoms with Gasteiger partial charge in [0.25, 0.3) is 0 Å². The Bertz CT molecular complexity index is 443. The number of rotatable bonds is 5. The molecule has 19 heavy (non-hydrogen) atoms. The van der Waals surface area contributed by atoms with Crippen LogP contribution in [-0.2, 0) is 16.1 Å². The molecule has 0 amide bonds. The average molecular weight is 267 g/mol. The molecular formula is C13H17NO5. The molecule has 0 bridgehead atoms. The molecule has 1 N–H and O–H groups in total. The molecule has 0 saturated heterocycles. The van der Waals surface area contributed by atoms with Crippen molar-refractivity contribution in [2.24, 2.45) is 0 Å². The Morgan fingerprint density at radius 2 is 2.11 bits per heavy atom. The summed E-state index contributed by atoms with van der Waals surface area (Å²) in [4.78, 5) is 11.0. The number of carbonyl (C=O) groups excluding carboxylic acids is 1. The number of methoxy groups -OCH3 is 2. The van der Waals surface area contributed by atoms with Gasteiger partial charge in [0.2, 0.25) is 5.75 Å². The maximum atomic E-state index is 11.0. The van der Waals surface area contributed by atoms with Crippen LogP contribution in [0, 0.1) is 0 Å². The summed E-state index contributed by atoms with van der Waals surface area (Å²) in [6.07, 6.45) is 0. The zero-order valence-corrected chi connectivity index (χ0v) is 11.0. The van der Waals surface area contributed by atoms with E-state index in [0.717, 1.165) is 5.56 Å². The predicted molar refractivity (Wildman–Crippen MR) is 67.7 cm³/mol. The predicted octanol–water partition coefficient (Wildman–Crippen LogP) is 0.729. The maximum absolute atomic E-state index is 11.0. The fourth-order valence-electron chi connectivity index (χ4n) is 1.81. The Hall–Kier alpha value is -1.95. The van der Waals surface area contributed by atoms with E-state index in [1.807, 2.05) is 12.1 Å². The summed E-state index contributed by atoms with van der Waals surface area (Å²) in [5, 5.41) is 2.98. The number of carbonyl (C=O) groups is 1. The summed E-state index contributed by atoms with van der Waals surface area (Å²) in [7, 11) is 2.94. The van der Waals surface area contributed by atoms with Crippen molar-refractivity contribution in [3.63, 3.8) is 0 Å². The van der Waals surface area contributed by atoms with Gasteiger partial charge >= 0.3 is 5.97 Å². The smallest absolute Gasteiger partial charge is 0.319 e. The van der Waals surface area contributed by atoms with Gasteiger partial charge in [-0.25, -0.2) is 0 Å². The first kappa shape index (κ1) is 13.5. The van der Waals surface area contributed by atoms with E-state index in [9.17, 15) is 4.79 Å². The van der Waals surface area contributed by atoms with Crippen molar-refractivity contribution in [3.05, 3.63) is 17.7 Å². The number of ether oxygens (including phenoxy) is 4. The lowest BCUT2D eigenvalue weighted by Gasteiger charge is -2.21. The first-order chi connectivity index (χ1) is 9.24. The second-order valence-electron chi connectivity index (χ2n) is 4.00. The van der Waals surface area contributed by atoms with E-state index >= 15 is 0 Å². The molecule has 1 aromatic rings. The quantitative estimate of drug-likeness (QED) is 0.793. The zero-order valence-electron chi connectivity index (χ0n) is 11.0. The second kappa shape index (κ2) is 6.29. The lowest BCUT2D eigenvalue weighted by molar-refractivity contribution is -0.139. The van der Waals surface area contributed by atoms with Crippen LogP contribution in [0.25, 0.3) is 0 Å². The first-order valence-electron chi connectivity index (χ1n) is 5.98. The normalized spacial score (nSPS) is 12.9. The summed E-state index contributed by atoms with van der Waals surface area (Å²) >= 11 is 0. The minimum atomic E-state index is -0.301. The third-order valence-electron chi connectivity index (χ3n) is 2.71. The van der Waals surface area contributed by atoms with Crippen molar-refractivity contribution in [1.82, 2.24) is 5.32 Å². The highest BCUT2D eigenvalue weighted by molar-refractivity contribution is 5.71. The number of hydrogen-bond acceptors (Lipinski definition) is 6. The van der Waals surface area contributed by atoms with Crippen LogP contribution < -0.4 is 19.5 Å². The van der Waals surface area contributed by atoms with Gasteiger partial charge in [0.15, 0.2) is 11.5 Å². The zero-order chi connectivity index (χ0) is 13.7. The van der Waals surface area contributed by atoms with Crippen molar-refractivity contribution in [3.8, 4) is 17.2 Å². The Labute approximate surface area is 111 Å². The lowest BCUT2D eigenvalue weighted by atomic mass is 10.1. The van der Waals surface area contributed by atoms with Crippen LogP contribution in [0.3, 0.4) is 0 Å². The summed E-state index contributed by atoms with van der Waals surface area (Å²) in [6, 6.07) is 3.74. The van der Waals surface area contributed by atoms with Gasteiger partial charge in [-0.3, -0.25) is 4.79 Å². The molecule has 6 heteroatoms.